The first kappa shape index (κ1) is 15.4. The van der Waals surface area contributed by atoms with Crippen molar-refractivity contribution in [3.63, 3.8) is 0 Å². The fraction of sp³-hybridized carbons (Fsp3) is 0.500. The van der Waals surface area contributed by atoms with Crippen LogP contribution in [0.3, 0.4) is 0 Å². The first-order chi connectivity index (χ1) is 9.39. The molecule has 0 saturated heterocycles. The summed E-state index contributed by atoms with van der Waals surface area (Å²) in [6, 6.07) is 8.14. The zero-order valence-corrected chi connectivity index (χ0v) is 13.5. The number of hydrogen-bond donors (Lipinski definition) is 2. The minimum atomic E-state index is 0.238. The molecule has 0 amide bonds. The number of para-hydroxylation sites is 1. The quantitative estimate of drug-likeness (QED) is 0.854. The number of nitrogens with one attached hydrogen (secondary N) is 2. The summed E-state index contributed by atoms with van der Waals surface area (Å²) >= 11 is 6.41. The summed E-state index contributed by atoms with van der Waals surface area (Å²) < 4.78 is 0. The zero-order valence-electron chi connectivity index (χ0n) is 12.8. The number of hydrogen-bond acceptors (Lipinski definition) is 2. The molecule has 0 aliphatic rings. The molecule has 1 aromatic carbocycles. The lowest BCUT2D eigenvalue weighted by Gasteiger charge is -2.28. The lowest BCUT2D eigenvalue weighted by Crippen LogP contribution is -2.37. The number of rotatable bonds is 6. The van der Waals surface area contributed by atoms with Gasteiger partial charge in [-0.05, 0) is 25.6 Å². The maximum atomic E-state index is 6.41. The van der Waals surface area contributed by atoms with E-state index >= 15 is 0 Å². The Labute approximate surface area is 126 Å². The lowest BCUT2D eigenvalue weighted by atomic mass is 9.93. The van der Waals surface area contributed by atoms with Crippen LogP contribution < -0.4 is 5.32 Å². The third kappa shape index (κ3) is 3.75. The number of H-pyrrole nitrogens is 1. The number of halogens is 1. The van der Waals surface area contributed by atoms with E-state index in [0.717, 1.165) is 41.3 Å². The van der Waals surface area contributed by atoms with Crippen LogP contribution in [0.1, 0.15) is 19.5 Å². The summed E-state index contributed by atoms with van der Waals surface area (Å²) in [5.74, 6) is 0. The van der Waals surface area contributed by atoms with E-state index in [4.69, 9.17) is 11.6 Å². The highest BCUT2D eigenvalue weighted by Gasteiger charge is 2.18. The number of aromatic amines is 1. The fourth-order valence-corrected chi connectivity index (χ4v) is 3.00. The van der Waals surface area contributed by atoms with Gasteiger partial charge in [0.05, 0.1) is 5.02 Å². The highest BCUT2D eigenvalue weighted by Crippen LogP contribution is 2.27. The summed E-state index contributed by atoms with van der Waals surface area (Å²) in [6.07, 6.45) is 0. The van der Waals surface area contributed by atoms with Crippen molar-refractivity contribution in [1.82, 2.24) is 15.2 Å². The van der Waals surface area contributed by atoms with Crippen molar-refractivity contribution in [3.8, 4) is 0 Å². The molecule has 20 heavy (non-hydrogen) atoms. The molecule has 0 atom stereocenters. The monoisotopic (exact) mass is 293 g/mol. The van der Waals surface area contributed by atoms with Gasteiger partial charge in [-0.25, -0.2) is 0 Å². The second-order valence-electron chi connectivity index (χ2n) is 6.47. The Morgan fingerprint density at radius 1 is 1.25 bits per heavy atom. The average Bonchev–Trinajstić information content (AvgIpc) is 2.65. The van der Waals surface area contributed by atoms with Gasteiger partial charge in [0.15, 0.2) is 0 Å². The van der Waals surface area contributed by atoms with Crippen molar-refractivity contribution in [2.24, 2.45) is 5.41 Å². The van der Waals surface area contributed by atoms with Crippen molar-refractivity contribution in [1.29, 1.82) is 0 Å². The number of benzene rings is 1. The van der Waals surface area contributed by atoms with Gasteiger partial charge in [0.25, 0.3) is 0 Å². The van der Waals surface area contributed by atoms with Crippen LogP contribution in [0.5, 0.6) is 0 Å². The summed E-state index contributed by atoms with van der Waals surface area (Å²) in [6.45, 7) is 7.32. The van der Waals surface area contributed by atoms with Crippen LogP contribution in [-0.2, 0) is 6.54 Å². The van der Waals surface area contributed by atoms with Gasteiger partial charge in [0, 0.05) is 36.2 Å². The predicted molar refractivity (Wildman–Crippen MR) is 87.4 cm³/mol. The highest BCUT2D eigenvalue weighted by molar-refractivity contribution is 6.36. The van der Waals surface area contributed by atoms with Crippen LogP contribution in [-0.4, -0.2) is 37.1 Å². The van der Waals surface area contributed by atoms with E-state index in [9.17, 15) is 0 Å². The van der Waals surface area contributed by atoms with Crippen LogP contribution >= 0.6 is 11.6 Å². The second-order valence-corrected chi connectivity index (χ2v) is 6.85. The molecule has 1 aromatic heterocycles. The fourth-order valence-electron chi connectivity index (χ4n) is 2.72. The molecule has 0 aliphatic carbocycles. The van der Waals surface area contributed by atoms with Gasteiger partial charge in [0.1, 0.15) is 0 Å². The summed E-state index contributed by atoms with van der Waals surface area (Å²) in [5.41, 5.74) is 2.40. The predicted octanol–water partition coefficient (Wildman–Crippen LogP) is 3.50. The van der Waals surface area contributed by atoms with Crippen LogP contribution in [0.25, 0.3) is 10.9 Å². The Morgan fingerprint density at radius 2 is 1.95 bits per heavy atom. The Hall–Kier alpha value is -1.03. The molecule has 110 valence electrons. The molecule has 1 heterocycles. The van der Waals surface area contributed by atoms with Crippen molar-refractivity contribution < 1.29 is 0 Å². The Kier molecular flexibility index (Phi) is 4.74. The SMILES string of the molecule is CN(C)CC(C)(C)CNCc1[nH]c2ccccc2c1Cl. The summed E-state index contributed by atoms with van der Waals surface area (Å²) in [4.78, 5) is 5.61. The van der Waals surface area contributed by atoms with Gasteiger partial charge in [-0.1, -0.05) is 43.6 Å². The zero-order chi connectivity index (χ0) is 14.8. The van der Waals surface area contributed by atoms with E-state index in [2.05, 4.69) is 49.2 Å². The molecule has 4 heteroatoms. The molecule has 0 radical (unpaired) electrons. The smallest absolute Gasteiger partial charge is 0.0705 e. The first-order valence-corrected chi connectivity index (χ1v) is 7.37. The average molecular weight is 294 g/mol. The van der Waals surface area contributed by atoms with E-state index < -0.39 is 0 Å². The third-order valence-electron chi connectivity index (χ3n) is 3.36. The van der Waals surface area contributed by atoms with Gasteiger partial charge in [-0.2, -0.15) is 0 Å². The maximum Gasteiger partial charge on any atom is 0.0705 e. The number of nitrogens with zero attached hydrogens (tertiary/aromatic N) is 1. The number of fused-ring (bicyclic) bond motifs is 1. The molecule has 0 saturated carbocycles. The number of aromatic nitrogens is 1. The molecule has 3 nitrogen and oxygen atoms in total. The maximum absolute atomic E-state index is 6.41. The van der Waals surface area contributed by atoms with Gasteiger partial charge >= 0.3 is 0 Å². The van der Waals surface area contributed by atoms with Crippen LogP contribution in [0.15, 0.2) is 24.3 Å². The molecule has 0 aliphatic heterocycles. The molecular formula is C16H24ClN3. The molecule has 2 rings (SSSR count). The van der Waals surface area contributed by atoms with Crippen molar-refractivity contribution >= 4 is 22.5 Å². The van der Waals surface area contributed by atoms with E-state index in [0.29, 0.717) is 0 Å². The summed E-state index contributed by atoms with van der Waals surface area (Å²) in [5, 5.41) is 5.43. The Balaban J connectivity index is 1.98. The van der Waals surface area contributed by atoms with E-state index in [1.807, 2.05) is 18.2 Å². The Morgan fingerprint density at radius 3 is 2.60 bits per heavy atom. The first-order valence-electron chi connectivity index (χ1n) is 6.99. The van der Waals surface area contributed by atoms with Crippen LogP contribution in [0.2, 0.25) is 5.02 Å². The molecule has 2 N–H and O–H groups in total. The highest BCUT2D eigenvalue weighted by atomic mass is 35.5. The minimum absolute atomic E-state index is 0.238. The molecular weight excluding hydrogens is 270 g/mol. The third-order valence-corrected chi connectivity index (χ3v) is 3.80. The van der Waals surface area contributed by atoms with Crippen molar-refractivity contribution in [2.75, 3.05) is 27.2 Å². The van der Waals surface area contributed by atoms with Crippen LogP contribution in [0, 0.1) is 5.41 Å². The standard InChI is InChI=1S/C16H24ClN3/c1-16(2,11-20(3)4)10-18-9-14-15(17)12-7-5-6-8-13(12)19-14/h5-8,18-19H,9-11H2,1-4H3. The normalized spacial score (nSPS) is 12.5. The van der Waals surface area contributed by atoms with E-state index in [1.54, 1.807) is 0 Å². The molecule has 0 spiro atoms. The minimum Gasteiger partial charge on any atom is -0.356 e. The Bertz CT molecular complexity index is 572. The van der Waals surface area contributed by atoms with E-state index in [-0.39, 0.29) is 5.41 Å². The lowest BCUT2D eigenvalue weighted by molar-refractivity contribution is 0.232. The second kappa shape index (κ2) is 6.17. The molecule has 0 fully saturated rings. The van der Waals surface area contributed by atoms with E-state index in [1.165, 1.54) is 0 Å². The topological polar surface area (TPSA) is 31.1 Å². The van der Waals surface area contributed by atoms with Gasteiger partial charge in [0.2, 0.25) is 0 Å². The van der Waals surface area contributed by atoms with Crippen molar-refractivity contribution in [2.45, 2.75) is 20.4 Å². The summed E-state index contributed by atoms with van der Waals surface area (Å²) in [7, 11) is 4.21. The van der Waals surface area contributed by atoms with Gasteiger partial charge in [-0.15, -0.1) is 0 Å². The van der Waals surface area contributed by atoms with Gasteiger partial charge in [-0.3, -0.25) is 0 Å². The van der Waals surface area contributed by atoms with Gasteiger partial charge < -0.3 is 15.2 Å². The van der Waals surface area contributed by atoms with Crippen molar-refractivity contribution in [3.05, 3.63) is 35.0 Å². The van der Waals surface area contributed by atoms with Crippen LogP contribution in [0.4, 0.5) is 0 Å². The molecule has 2 aromatic rings. The molecule has 0 bridgehead atoms. The molecule has 0 unspecified atom stereocenters. The largest absolute Gasteiger partial charge is 0.356 e.